The number of carbonyl (C=O) groups excluding carboxylic acids is 1. The maximum absolute atomic E-state index is 12.8. The number of fused-ring (bicyclic) bond motifs is 1. The molecule has 11 heteroatoms. The Morgan fingerprint density at radius 1 is 1.17 bits per heavy atom. The quantitative estimate of drug-likeness (QED) is 0.538. The first-order chi connectivity index (χ1) is 14.4. The lowest BCUT2D eigenvalue weighted by molar-refractivity contribution is 0.0743. The van der Waals surface area contributed by atoms with Gasteiger partial charge in [-0.25, -0.2) is 8.78 Å². The molecule has 0 atom stereocenters. The lowest BCUT2D eigenvalue weighted by Crippen LogP contribution is -2.23. The summed E-state index contributed by atoms with van der Waals surface area (Å²) >= 11 is 0. The Balaban J connectivity index is 1.53. The molecule has 0 radical (unpaired) electrons. The Bertz CT molecular complexity index is 1070. The zero-order chi connectivity index (χ0) is 21.3. The van der Waals surface area contributed by atoms with Gasteiger partial charge < -0.3 is 14.1 Å². The summed E-state index contributed by atoms with van der Waals surface area (Å²) in [5.74, 6) is -1.08. The van der Waals surface area contributed by atoms with Gasteiger partial charge in [-0.3, -0.25) is 9.78 Å². The summed E-state index contributed by atoms with van der Waals surface area (Å²) in [5, 5.41) is 6.81. The van der Waals surface area contributed by atoms with Crippen molar-refractivity contribution in [3.63, 3.8) is 0 Å². The van der Waals surface area contributed by atoms with Crippen LogP contribution in [0.3, 0.4) is 0 Å². The Hall–Kier alpha value is -3.50. The first kappa shape index (κ1) is 19.8. The average molecular weight is 422 g/mol. The number of pyridine rings is 1. The number of alkyl halides is 4. The number of nitrogens with zero attached hydrogens (tertiary/aromatic N) is 4. The number of halogens is 4. The molecule has 30 heavy (non-hydrogen) atoms. The Morgan fingerprint density at radius 2 is 1.97 bits per heavy atom. The van der Waals surface area contributed by atoms with Crippen LogP contribution in [0, 0.1) is 0 Å². The highest BCUT2D eigenvalue weighted by molar-refractivity contribution is 5.98. The first-order valence-corrected chi connectivity index (χ1v) is 8.81. The van der Waals surface area contributed by atoms with Crippen molar-refractivity contribution in [2.24, 2.45) is 0 Å². The molecule has 2 aromatic heterocycles. The predicted molar refractivity (Wildman–Crippen MR) is 94.0 cm³/mol. The summed E-state index contributed by atoms with van der Waals surface area (Å²) in [6.07, 6.45) is -4.16. The van der Waals surface area contributed by atoms with Gasteiger partial charge in [-0.2, -0.15) is 8.78 Å². The van der Waals surface area contributed by atoms with Gasteiger partial charge in [0.25, 0.3) is 18.2 Å². The molecule has 3 heterocycles. The van der Waals surface area contributed by atoms with E-state index in [4.69, 9.17) is 9.15 Å². The van der Waals surface area contributed by atoms with E-state index in [0.29, 0.717) is 11.3 Å². The van der Waals surface area contributed by atoms with E-state index in [0.717, 1.165) is 0 Å². The third-order valence-corrected chi connectivity index (χ3v) is 4.40. The maximum atomic E-state index is 12.8. The average Bonchev–Trinajstić information content (AvgIpc) is 3.33. The number of hydrogen-bond donors (Lipinski definition) is 0. The number of carbonyl (C=O) groups is 1. The van der Waals surface area contributed by atoms with Crippen molar-refractivity contribution >= 4 is 5.91 Å². The monoisotopic (exact) mass is 422 g/mol. The maximum Gasteiger partial charge on any atom is 0.314 e. The van der Waals surface area contributed by atoms with Gasteiger partial charge in [0.2, 0.25) is 5.89 Å². The van der Waals surface area contributed by atoms with Crippen LogP contribution in [-0.2, 0) is 13.1 Å². The van der Waals surface area contributed by atoms with E-state index in [-0.39, 0.29) is 41.8 Å². The summed E-state index contributed by atoms with van der Waals surface area (Å²) in [6, 6.07) is 8.05. The molecule has 0 saturated carbocycles. The van der Waals surface area contributed by atoms with E-state index in [1.165, 1.54) is 17.2 Å². The van der Waals surface area contributed by atoms with Gasteiger partial charge in [0.1, 0.15) is 12.4 Å². The fourth-order valence-corrected chi connectivity index (χ4v) is 3.04. The molecule has 156 valence electrons. The number of amides is 1. The van der Waals surface area contributed by atoms with Crippen LogP contribution in [0.2, 0.25) is 0 Å². The smallest absolute Gasteiger partial charge is 0.314 e. The molecule has 0 unspecified atom stereocenters. The van der Waals surface area contributed by atoms with E-state index in [1.54, 1.807) is 24.3 Å². The zero-order valence-corrected chi connectivity index (χ0v) is 15.3. The summed E-state index contributed by atoms with van der Waals surface area (Å²) in [6.45, 7) is -0.426. The molecule has 3 aromatic rings. The molecule has 4 rings (SSSR count). The molecular weight excluding hydrogens is 408 g/mol. The lowest BCUT2D eigenvalue weighted by atomic mass is 10.1. The first-order valence-electron chi connectivity index (χ1n) is 8.81. The van der Waals surface area contributed by atoms with Gasteiger partial charge in [-0.1, -0.05) is 18.2 Å². The number of para-hydroxylation sites is 1. The largest absolute Gasteiger partial charge is 0.487 e. The van der Waals surface area contributed by atoms with Crippen molar-refractivity contribution in [1.82, 2.24) is 20.1 Å². The minimum atomic E-state index is -2.90. The minimum Gasteiger partial charge on any atom is -0.487 e. The summed E-state index contributed by atoms with van der Waals surface area (Å²) in [7, 11) is 0. The van der Waals surface area contributed by atoms with Crippen molar-refractivity contribution in [2.45, 2.75) is 25.9 Å². The number of rotatable bonds is 7. The van der Waals surface area contributed by atoms with Crippen molar-refractivity contribution in [3.05, 3.63) is 59.2 Å². The molecule has 0 spiro atoms. The third kappa shape index (κ3) is 3.95. The second-order valence-electron chi connectivity index (χ2n) is 6.44. The standard InChI is InChI=1S/C19H14F4N4O3/c20-15(21)9-29-14-4-2-1-3-10(14)7-27-8-13-12(19(27)28)5-11(6-24-13)17-25-26-18(30-17)16(22)23/h1-6,15-16H,7-9H2. The topological polar surface area (TPSA) is 81.3 Å². The molecule has 1 aromatic carbocycles. The molecule has 1 aliphatic heterocycles. The van der Waals surface area contributed by atoms with Gasteiger partial charge in [-0.15, -0.1) is 10.2 Å². The van der Waals surface area contributed by atoms with Crippen LogP contribution in [0.5, 0.6) is 5.75 Å². The summed E-state index contributed by atoms with van der Waals surface area (Å²) in [5.41, 5.74) is 1.57. The minimum absolute atomic E-state index is 0.125. The number of aromatic nitrogens is 3. The third-order valence-electron chi connectivity index (χ3n) is 4.40. The SMILES string of the molecule is O=C1c2cc(-c3nnc(C(F)F)o3)cnc2CN1Cc1ccccc1OCC(F)F. The molecule has 1 amide bonds. The van der Waals surface area contributed by atoms with E-state index in [9.17, 15) is 22.4 Å². The summed E-state index contributed by atoms with van der Waals surface area (Å²) in [4.78, 5) is 18.5. The van der Waals surface area contributed by atoms with Gasteiger partial charge in [0.05, 0.1) is 29.9 Å². The predicted octanol–water partition coefficient (Wildman–Crippen LogP) is 3.87. The molecule has 0 aliphatic carbocycles. The van der Waals surface area contributed by atoms with E-state index < -0.39 is 25.3 Å². The van der Waals surface area contributed by atoms with Crippen LogP contribution in [0.25, 0.3) is 11.5 Å². The Morgan fingerprint density at radius 3 is 2.70 bits per heavy atom. The van der Waals surface area contributed by atoms with Gasteiger partial charge in [0.15, 0.2) is 0 Å². The molecule has 1 aliphatic rings. The molecule has 0 saturated heterocycles. The number of hydrogen-bond acceptors (Lipinski definition) is 6. The van der Waals surface area contributed by atoms with Crippen LogP contribution in [0.4, 0.5) is 17.6 Å². The Labute approximate surface area is 167 Å². The second-order valence-corrected chi connectivity index (χ2v) is 6.44. The fraction of sp³-hybridized carbons (Fsp3) is 0.263. The van der Waals surface area contributed by atoms with Crippen molar-refractivity contribution in [1.29, 1.82) is 0 Å². The van der Waals surface area contributed by atoms with Gasteiger partial charge in [0, 0.05) is 11.8 Å². The van der Waals surface area contributed by atoms with Crippen LogP contribution in [-0.4, -0.2) is 39.0 Å². The second kappa shape index (κ2) is 8.09. The molecule has 0 N–H and O–H groups in total. The van der Waals surface area contributed by atoms with Crippen LogP contribution in [0.15, 0.2) is 40.9 Å². The molecule has 7 nitrogen and oxygen atoms in total. The highest BCUT2D eigenvalue weighted by Crippen LogP contribution is 2.30. The molecule has 0 fully saturated rings. The molecule has 0 bridgehead atoms. The highest BCUT2D eigenvalue weighted by atomic mass is 19.3. The highest BCUT2D eigenvalue weighted by Gasteiger charge is 2.30. The van der Waals surface area contributed by atoms with Crippen LogP contribution >= 0.6 is 0 Å². The van der Waals surface area contributed by atoms with E-state index >= 15 is 0 Å². The molecular formula is C19H14F4N4O3. The normalized spacial score (nSPS) is 13.4. The van der Waals surface area contributed by atoms with Crippen LogP contribution < -0.4 is 4.74 Å². The van der Waals surface area contributed by atoms with Gasteiger partial charge >= 0.3 is 6.43 Å². The van der Waals surface area contributed by atoms with E-state index in [2.05, 4.69) is 15.2 Å². The van der Waals surface area contributed by atoms with E-state index in [1.807, 2.05) is 0 Å². The lowest BCUT2D eigenvalue weighted by Gasteiger charge is -2.18. The zero-order valence-electron chi connectivity index (χ0n) is 15.3. The summed E-state index contributed by atoms with van der Waals surface area (Å²) < 4.78 is 60.2. The van der Waals surface area contributed by atoms with Gasteiger partial charge in [-0.05, 0) is 12.1 Å². The number of benzene rings is 1. The van der Waals surface area contributed by atoms with Crippen molar-refractivity contribution in [2.75, 3.05) is 6.61 Å². The van der Waals surface area contributed by atoms with Crippen LogP contribution in [0.1, 0.15) is 33.9 Å². The fourth-order valence-electron chi connectivity index (χ4n) is 3.04. The van der Waals surface area contributed by atoms with Crippen molar-refractivity contribution in [3.8, 4) is 17.2 Å². The van der Waals surface area contributed by atoms with Crippen molar-refractivity contribution < 1.29 is 31.5 Å². The number of ether oxygens (including phenoxy) is 1. The Kier molecular flexibility index (Phi) is 5.34.